The number of nitrogens with zero attached hydrogens (tertiary/aromatic N) is 3. The number of ketones is 1. The minimum Gasteiger partial charge on any atom is -0.503 e. The van der Waals surface area contributed by atoms with Crippen LogP contribution in [0.4, 0.5) is 5.13 Å². The molecule has 3 heterocycles. The molecule has 0 fully saturated rings. The molecule has 8 nitrogen and oxygen atoms in total. The van der Waals surface area contributed by atoms with Crippen LogP contribution in [0.15, 0.2) is 41.7 Å². The van der Waals surface area contributed by atoms with Gasteiger partial charge in [-0.05, 0) is 33.3 Å². The zero-order valence-corrected chi connectivity index (χ0v) is 20.0. The van der Waals surface area contributed by atoms with Crippen molar-refractivity contribution in [2.24, 2.45) is 0 Å². The van der Waals surface area contributed by atoms with Crippen LogP contribution in [0.25, 0.3) is 0 Å². The van der Waals surface area contributed by atoms with E-state index < -0.39 is 29.5 Å². The van der Waals surface area contributed by atoms with Gasteiger partial charge >= 0.3 is 5.97 Å². The lowest BCUT2D eigenvalue weighted by Crippen LogP contribution is -2.31. The van der Waals surface area contributed by atoms with Crippen molar-refractivity contribution in [2.45, 2.75) is 33.7 Å². The van der Waals surface area contributed by atoms with Crippen molar-refractivity contribution in [1.29, 1.82) is 0 Å². The maximum atomic E-state index is 13.5. The van der Waals surface area contributed by atoms with Crippen LogP contribution in [0.2, 0.25) is 0 Å². The average molecular weight is 484 g/mol. The molecule has 1 aliphatic heterocycles. The molecule has 1 aromatic carbocycles. The highest BCUT2D eigenvalue weighted by Crippen LogP contribution is 2.44. The van der Waals surface area contributed by atoms with Crippen LogP contribution in [0, 0.1) is 20.8 Å². The highest BCUT2D eigenvalue weighted by molar-refractivity contribution is 7.17. The number of rotatable bonds is 6. The van der Waals surface area contributed by atoms with Crippen LogP contribution < -0.4 is 4.90 Å². The number of aromatic nitrogens is 2. The molecule has 3 aromatic rings. The molecule has 1 atom stereocenters. The summed E-state index contributed by atoms with van der Waals surface area (Å²) in [6, 6.07) is 8.03. The third-order valence-electron chi connectivity index (χ3n) is 5.13. The number of aliphatic hydroxyl groups excluding tert-OH is 1. The van der Waals surface area contributed by atoms with Gasteiger partial charge in [0.1, 0.15) is 4.88 Å². The molecule has 0 saturated carbocycles. The van der Waals surface area contributed by atoms with Crippen molar-refractivity contribution in [1.82, 2.24) is 9.97 Å². The fourth-order valence-corrected chi connectivity index (χ4v) is 5.58. The number of aliphatic hydroxyl groups is 1. The number of ether oxygens (including phenoxy) is 1. The summed E-state index contributed by atoms with van der Waals surface area (Å²) in [4.78, 5) is 49.7. The molecular formula is C23H21N3O5S2. The van der Waals surface area contributed by atoms with Crippen molar-refractivity contribution in [3.8, 4) is 0 Å². The molecule has 0 bridgehead atoms. The van der Waals surface area contributed by atoms with E-state index in [4.69, 9.17) is 4.74 Å². The standard InChI is InChI=1S/C23H21N3O5S2/c1-5-31-22(30)20-12(3)25-23(33-20)26-16(14-9-7-6-8-10-14)15(18(28)21(26)29)17(27)19-11(2)24-13(4)32-19/h6-10,16,28H,5H2,1-4H3. The number of thiazole rings is 2. The summed E-state index contributed by atoms with van der Waals surface area (Å²) in [6.07, 6.45) is 0. The molecule has 4 rings (SSSR count). The quantitative estimate of drug-likeness (QED) is 0.406. The van der Waals surface area contributed by atoms with Gasteiger partial charge in [0.15, 0.2) is 10.9 Å². The average Bonchev–Trinajstić information content (AvgIpc) is 3.41. The third-order valence-corrected chi connectivity index (χ3v) is 7.34. The van der Waals surface area contributed by atoms with Crippen molar-refractivity contribution in [3.63, 3.8) is 0 Å². The molecular weight excluding hydrogens is 462 g/mol. The smallest absolute Gasteiger partial charge is 0.350 e. The molecule has 1 N–H and O–H groups in total. The van der Waals surface area contributed by atoms with Gasteiger partial charge in [-0.15, -0.1) is 11.3 Å². The summed E-state index contributed by atoms with van der Waals surface area (Å²) in [7, 11) is 0. The molecule has 0 spiro atoms. The summed E-state index contributed by atoms with van der Waals surface area (Å²) >= 11 is 2.20. The summed E-state index contributed by atoms with van der Waals surface area (Å²) < 4.78 is 5.09. The van der Waals surface area contributed by atoms with Gasteiger partial charge in [-0.1, -0.05) is 41.7 Å². The number of esters is 1. The number of carbonyl (C=O) groups is 3. The van der Waals surface area contributed by atoms with E-state index in [1.165, 1.54) is 16.2 Å². The topological polar surface area (TPSA) is 110 Å². The first-order valence-corrected chi connectivity index (χ1v) is 11.8. The molecule has 0 radical (unpaired) electrons. The summed E-state index contributed by atoms with van der Waals surface area (Å²) in [5.41, 5.74) is 1.53. The van der Waals surface area contributed by atoms with Crippen molar-refractivity contribution >= 4 is 45.5 Å². The van der Waals surface area contributed by atoms with Gasteiger partial charge in [0.2, 0.25) is 5.78 Å². The van der Waals surface area contributed by atoms with Gasteiger partial charge in [-0.3, -0.25) is 14.5 Å². The van der Waals surface area contributed by atoms with Gasteiger partial charge in [-0.25, -0.2) is 14.8 Å². The van der Waals surface area contributed by atoms with Crippen LogP contribution in [-0.4, -0.2) is 39.3 Å². The second-order valence-electron chi connectivity index (χ2n) is 7.36. The van der Waals surface area contributed by atoms with Crippen molar-refractivity contribution in [2.75, 3.05) is 11.5 Å². The normalized spacial score (nSPS) is 15.9. The van der Waals surface area contributed by atoms with Crippen molar-refractivity contribution < 1.29 is 24.2 Å². The second kappa shape index (κ2) is 8.87. The molecule has 1 amide bonds. The van der Waals surface area contributed by atoms with Gasteiger partial charge in [0.05, 0.1) is 39.5 Å². The maximum Gasteiger partial charge on any atom is 0.350 e. The van der Waals surface area contributed by atoms with Crippen LogP contribution >= 0.6 is 22.7 Å². The first-order chi connectivity index (χ1) is 15.7. The van der Waals surface area contributed by atoms with E-state index in [1.54, 1.807) is 52.0 Å². The Morgan fingerprint density at radius 2 is 1.73 bits per heavy atom. The van der Waals surface area contributed by atoms with Gasteiger partial charge in [-0.2, -0.15) is 0 Å². The summed E-state index contributed by atoms with van der Waals surface area (Å²) in [5, 5.41) is 11.8. The number of hydrogen-bond donors (Lipinski definition) is 1. The Kier molecular flexibility index (Phi) is 6.13. The number of amides is 1. The summed E-state index contributed by atoms with van der Waals surface area (Å²) in [6.45, 7) is 7.06. The minimum atomic E-state index is -0.909. The Morgan fingerprint density at radius 3 is 2.33 bits per heavy atom. The van der Waals surface area contributed by atoms with E-state index in [2.05, 4.69) is 9.97 Å². The number of aryl methyl sites for hydroxylation is 3. The molecule has 170 valence electrons. The van der Waals surface area contributed by atoms with Crippen LogP contribution in [0.3, 0.4) is 0 Å². The molecule has 0 saturated heterocycles. The SMILES string of the molecule is CCOC(=O)c1sc(N2C(=O)C(O)=C(C(=O)c3sc(C)nc3C)C2c2ccccc2)nc1C. The highest BCUT2D eigenvalue weighted by atomic mass is 32.1. The number of anilines is 1. The molecule has 33 heavy (non-hydrogen) atoms. The van der Waals surface area contributed by atoms with Crippen LogP contribution in [0.5, 0.6) is 0 Å². The van der Waals surface area contributed by atoms with Crippen molar-refractivity contribution in [3.05, 3.63) is 73.4 Å². The van der Waals surface area contributed by atoms with E-state index in [0.717, 1.165) is 11.3 Å². The lowest BCUT2D eigenvalue weighted by Gasteiger charge is -2.24. The van der Waals surface area contributed by atoms with Gasteiger partial charge in [0, 0.05) is 0 Å². The highest BCUT2D eigenvalue weighted by Gasteiger charge is 2.46. The lowest BCUT2D eigenvalue weighted by molar-refractivity contribution is -0.117. The summed E-state index contributed by atoms with van der Waals surface area (Å²) in [5.74, 6) is -2.38. The minimum absolute atomic E-state index is 0.0384. The second-order valence-corrected chi connectivity index (χ2v) is 9.54. The zero-order valence-electron chi connectivity index (χ0n) is 18.4. The number of carbonyl (C=O) groups excluding carboxylic acids is 3. The monoisotopic (exact) mass is 483 g/mol. The van der Waals surface area contributed by atoms with E-state index in [1.807, 2.05) is 6.07 Å². The number of benzene rings is 1. The number of Topliss-reactive ketones (excluding diaryl/α,β-unsaturated/α-hetero) is 1. The Labute approximate surface area is 198 Å². The van der Waals surface area contributed by atoms with E-state index in [-0.39, 0.29) is 22.2 Å². The molecule has 2 aromatic heterocycles. The predicted molar refractivity (Wildman–Crippen MR) is 125 cm³/mol. The van der Waals surface area contributed by atoms with Gasteiger partial charge in [0.25, 0.3) is 5.91 Å². The Hall–Kier alpha value is -3.37. The first-order valence-electron chi connectivity index (χ1n) is 10.2. The first kappa shape index (κ1) is 22.8. The fraction of sp³-hybridized carbons (Fsp3) is 0.261. The fourth-order valence-electron chi connectivity index (χ4n) is 3.72. The van der Waals surface area contributed by atoms with E-state index in [0.29, 0.717) is 26.8 Å². The molecule has 10 heteroatoms. The van der Waals surface area contributed by atoms with Gasteiger partial charge < -0.3 is 9.84 Å². The Bertz CT molecular complexity index is 1290. The maximum absolute atomic E-state index is 13.5. The largest absolute Gasteiger partial charge is 0.503 e. The zero-order chi connectivity index (χ0) is 23.9. The van der Waals surface area contributed by atoms with Crippen LogP contribution in [0.1, 0.15) is 54.3 Å². The lowest BCUT2D eigenvalue weighted by atomic mass is 9.95. The third kappa shape index (κ3) is 3.96. The van der Waals surface area contributed by atoms with Crippen LogP contribution in [-0.2, 0) is 9.53 Å². The van der Waals surface area contributed by atoms with E-state index >= 15 is 0 Å². The molecule has 0 aliphatic carbocycles. The Balaban J connectivity index is 1.85. The Morgan fingerprint density at radius 1 is 1.06 bits per heavy atom. The molecule has 1 aliphatic rings. The van der Waals surface area contributed by atoms with E-state index in [9.17, 15) is 19.5 Å². The predicted octanol–water partition coefficient (Wildman–Crippen LogP) is 4.48. The molecule has 1 unspecified atom stereocenters. The number of hydrogen-bond acceptors (Lipinski definition) is 9.